The quantitative estimate of drug-likeness (QED) is 0.367. The average Bonchev–Trinajstić information content (AvgIpc) is 3.46. The van der Waals surface area contributed by atoms with Crippen LogP contribution < -0.4 is 5.32 Å². The van der Waals surface area contributed by atoms with Crippen molar-refractivity contribution in [2.75, 3.05) is 11.1 Å². The lowest BCUT2D eigenvalue weighted by Crippen LogP contribution is -2.14. The third-order valence-electron chi connectivity index (χ3n) is 4.25. The second-order valence-electron chi connectivity index (χ2n) is 6.41. The first-order valence-electron chi connectivity index (χ1n) is 9.66. The summed E-state index contributed by atoms with van der Waals surface area (Å²) in [6.45, 7) is 2.67. The lowest BCUT2D eigenvalue weighted by molar-refractivity contribution is -0.113. The number of pyridine rings is 1. The van der Waals surface area contributed by atoms with E-state index < -0.39 is 0 Å². The lowest BCUT2D eigenvalue weighted by atomic mass is 10.2. The smallest absolute Gasteiger partial charge is 0.234 e. The molecule has 154 valence electrons. The van der Waals surface area contributed by atoms with Crippen molar-refractivity contribution in [1.82, 2.24) is 19.7 Å². The number of hydrogen-bond acceptors (Lipinski definition) is 6. The molecule has 1 amide bonds. The molecule has 0 radical (unpaired) electrons. The Morgan fingerprint density at radius 1 is 1.13 bits per heavy atom. The first-order valence-corrected chi connectivity index (χ1v) is 10.6. The molecule has 0 saturated heterocycles. The Bertz CT molecular complexity index is 1220. The van der Waals surface area contributed by atoms with E-state index in [1.54, 1.807) is 18.5 Å². The number of anilines is 1. The summed E-state index contributed by atoms with van der Waals surface area (Å²) >= 11 is 1.33. The first kappa shape index (κ1) is 20.4. The molecule has 0 bridgehead atoms. The van der Waals surface area contributed by atoms with Crippen LogP contribution in [0.3, 0.4) is 0 Å². The van der Waals surface area contributed by atoms with E-state index in [9.17, 15) is 4.79 Å². The minimum Gasteiger partial charge on any atom is -0.461 e. The third kappa shape index (κ3) is 5.21. The van der Waals surface area contributed by atoms with Gasteiger partial charge in [-0.25, -0.2) is 4.98 Å². The van der Waals surface area contributed by atoms with Crippen LogP contribution in [-0.2, 0) is 11.3 Å². The van der Waals surface area contributed by atoms with Crippen molar-refractivity contribution in [3.63, 3.8) is 0 Å². The molecule has 7 nitrogen and oxygen atoms in total. The molecule has 1 aromatic carbocycles. The number of carbonyl (C=O) groups excluding carboxylic acids is 1. The monoisotopic (exact) mass is 429 g/mol. The predicted molar refractivity (Wildman–Crippen MR) is 119 cm³/mol. The van der Waals surface area contributed by atoms with E-state index in [1.807, 2.05) is 60.0 Å². The first-order chi connectivity index (χ1) is 15.2. The van der Waals surface area contributed by atoms with Gasteiger partial charge in [0.15, 0.2) is 16.7 Å². The number of furan rings is 1. The second-order valence-corrected chi connectivity index (χ2v) is 7.35. The van der Waals surface area contributed by atoms with Crippen LogP contribution in [0.5, 0.6) is 0 Å². The van der Waals surface area contributed by atoms with E-state index in [2.05, 4.69) is 32.3 Å². The lowest BCUT2D eigenvalue weighted by Gasteiger charge is -2.07. The molecule has 0 aliphatic heterocycles. The molecule has 3 aromatic heterocycles. The van der Waals surface area contributed by atoms with E-state index >= 15 is 0 Å². The molecular weight excluding hydrogens is 410 g/mol. The SMILES string of the molecule is CCn1c(SCC(=O)Nc2cccc(C#Cc3ccccn3)c2)nnc1-c1ccco1. The van der Waals surface area contributed by atoms with Crippen molar-refractivity contribution in [3.8, 4) is 23.4 Å². The Morgan fingerprint density at radius 3 is 2.84 bits per heavy atom. The minimum absolute atomic E-state index is 0.134. The number of hydrogen-bond donors (Lipinski definition) is 1. The highest BCUT2D eigenvalue weighted by molar-refractivity contribution is 7.99. The standard InChI is InChI=1S/C23H19N5O2S/c1-2-28-22(20-10-6-14-30-20)26-27-23(28)31-16-21(29)25-19-9-5-7-17(15-19)11-12-18-8-3-4-13-24-18/h3-10,13-15H,2,16H2,1H3,(H,25,29). The van der Waals surface area contributed by atoms with Gasteiger partial charge in [0, 0.05) is 24.0 Å². The highest BCUT2D eigenvalue weighted by atomic mass is 32.2. The van der Waals surface area contributed by atoms with Gasteiger partial charge in [0.25, 0.3) is 0 Å². The van der Waals surface area contributed by atoms with Gasteiger partial charge in [0.2, 0.25) is 5.91 Å². The molecule has 4 aromatic rings. The zero-order chi connectivity index (χ0) is 21.5. The zero-order valence-electron chi connectivity index (χ0n) is 16.8. The van der Waals surface area contributed by atoms with E-state index in [1.165, 1.54) is 11.8 Å². The highest BCUT2D eigenvalue weighted by Crippen LogP contribution is 2.24. The summed E-state index contributed by atoms with van der Waals surface area (Å²) in [5, 5.41) is 12.0. The van der Waals surface area contributed by atoms with Crippen LogP contribution >= 0.6 is 11.8 Å². The summed E-state index contributed by atoms with van der Waals surface area (Å²) < 4.78 is 7.33. The summed E-state index contributed by atoms with van der Waals surface area (Å²) in [5.74, 6) is 7.44. The van der Waals surface area contributed by atoms with Crippen molar-refractivity contribution in [1.29, 1.82) is 0 Å². The topological polar surface area (TPSA) is 85.8 Å². The Morgan fingerprint density at radius 2 is 2.06 bits per heavy atom. The summed E-state index contributed by atoms with van der Waals surface area (Å²) in [7, 11) is 0. The number of benzene rings is 1. The summed E-state index contributed by atoms with van der Waals surface area (Å²) in [4.78, 5) is 16.6. The van der Waals surface area contributed by atoms with Gasteiger partial charge in [-0.05, 0) is 55.3 Å². The van der Waals surface area contributed by atoms with Crippen LogP contribution in [0.15, 0.2) is 76.6 Å². The van der Waals surface area contributed by atoms with Crippen molar-refractivity contribution < 1.29 is 9.21 Å². The molecule has 31 heavy (non-hydrogen) atoms. The number of amides is 1. The van der Waals surface area contributed by atoms with Gasteiger partial charge in [-0.1, -0.05) is 29.8 Å². The Labute approximate surface area is 183 Å². The van der Waals surface area contributed by atoms with Gasteiger partial charge in [-0.3, -0.25) is 9.36 Å². The average molecular weight is 430 g/mol. The van der Waals surface area contributed by atoms with Crippen LogP contribution in [0.2, 0.25) is 0 Å². The van der Waals surface area contributed by atoms with Crippen molar-refractivity contribution >= 4 is 23.4 Å². The molecule has 8 heteroatoms. The van der Waals surface area contributed by atoms with E-state index in [4.69, 9.17) is 4.42 Å². The van der Waals surface area contributed by atoms with Gasteiger partial charge in [-0.15, -0.1) is 10.2 Å². The van der Waals surface area contributed by atoms with Crippen LogP contribution in [0.1, 0.15) is 18.2 Å². The minimum atomic E-state index is -0.134. The molecule has 0 unspecified atom stereocenters. The Hall–Kier alpha value is -3.83. The molecule has 0 aliphatic carbocycles. The van der Waals surface area contributed by atoms with E-state index in [-0.39, 0.29) is 11.7 Å². The van der Waals surface area contributed by atoms with Crippen LogP contribution in [-0.4, -0.2) is 31.4 Å². The largest absolute Gasteiger partial charge is 0.461 e. The van der Waals surface area contributed by atoms with Crippen molar-refractivity contribution in [2.45, 2.75) is 18.6 Å². The number of rotatable bonds is 6. The number of nitrogens with zero attached hydrogens (tertiary/aromatic N) is 4. The molecule has 3 heterocycles. The molecule has 1 N–H and O–H groups in total. The molecule has 4 rings (SSSR count). The van der Waals surface area contributed by atoms with Gasteiger partial charge >= 0.3 is 0 Å². The second kappa shape index (κ2) is 9.78. The predicted octanol–water partition coefficient (Wildman–Crippen LogP) is 4.08. The number of thioether (sulfide) groups is 1. The maximum Gasteiger partial charge on any atom is 0.234 e. The fraction of sp³-hybridized carbons (Fsp3) is 0.130. The molecule has 0 spiro atoms. The van der Waals surface area contributed by atoms with Crippen molar-refractivity contribution in [2.24, 2.45) is 0 Å². The summed E-state index contributed by atoms with van der Waals surface area (Å²) in [6.07, 6.45) is 3.30. The fourth-order valence-electron chi connectivity index (χ4n) is 2.84. The molecular formula is C23H19N5O2S. The Kier molecular flexibility index (Phi) is 6.45. The highest BCUT2D eigenvalue weighted by Gasteiger charge is 2.16. The van der Waals surface area contributed by atoms with Gasteiger partial charge < -0.3 is 9.73 Å². The zero-order valence-corrected chi connectivity index (χ0v) is 17.6. The molecule has 0 aliphatic rings. The van der Waals surface area contributed by atoms with Crippen LogP contribution in [0.25, 0.3) is 11.6 Å². The maximum atomic E-state index is 12.5. The molecule has 0 atom stereocenters. The van der Waals surface area contributed by atoms with Gasteiger partial charge in [0.1, 0.15) is 5.69 Å². The van der Waals surface area contributed by atoms with Crippen LogP contribution in [0, 0.1) is 11.8 Å². The number of nitrogens with one attached hydrogen (secondary N) is 1. The molecule has 0 saturated carbocycles. The van der Waals surface area contributed by atoms with E-state index in [0.717, 1.165) is 5.56 Å². The molecule has 0 fully saturated rings. The number of carbonyl (C=O) groups is 1. The van der Waals surface area contributed by atoms with Gasteiger partial charge in [0.05, 0.1) is 12.0 Å². The summed E-state index contributed by atoms with van der Waals surface area (Å²) in [5.41, 5.74) is 2.18. The van der Waals surface area contributed by atoms with Crippen LogP contribution in [0.4, 0.5) is 5.69 Å². The third-order valence-corrected chi connectivity index (χ3v) is 5.22. The van der Waals surface area contributed by atoms with Gasteiger partial charge in [-0.2, -0.15) is 0 Å². The maximum absolute atomic E-state index is 12.5. The van der Waals surface area contributed by atoms with Crippen molar-refractivity contribution in [3.05, 3.63) is 78.3 Å². The fourth-order valence-corrected chi connectivity index (χ4v) is 3.65. The van der Waals surface area contributed by atoms with E-state index in [0.29, 0.717) is 34.7 Å². The summed E-state index contributed by atoms with van der Waals surface area (Å²) in [6, 6.07) is 16.6. The number of aromatic nitrogens is 4. The normalized spacial score (nSPS) is 10.4. The Balaban J connectivity index is 1.38.